The van der Waals surface area contributed by atoms with Gasteiger partial charge in [-0.2, -0.15) is 4.31 Å². The molecule has 0 saturated carbocycles. The van der Waals surface area contributed by atoms with Crippen molar-refractivity contribution in [3.05, 3.63) is 47.8 Å². The maximum Gasteiger partial charge on any atom is 0.354 e. The van der Waals surface area contributed by atoms with Crippen molar-refractivity contribution in [3.8, 4) is 5.75 Å². The molecule has 1 atom stereocenters. The molecule has 0 bridgehead atoms. The first-order chi connectivity index (χ1) is 14.3. The van der Waals surface area contributed by atoms with E-state index in [0.717, 1.165) is 5.56 Å². The van der Waals surface area contributed by atoms with Gasteiger partial charge in [-0.15, -0.1) is 0 Å². The Morgan fingerprint density at radius 1 is 1.23 bits per heavy atom. The normalized spacial score (nSPS) is 17.0. The maximum absolute atomic E-state index is 13.2. The van der Waals surface area contributed by atoms with Crippen molar-refractivity contribution < 1.29 is 27.5 Å². The van der Waals surface area contributed by atoms with Crippen LogP contribution in [0.1, 0.15) is 28.9 Å². The van der Waals surface area contributed by atoms with Gasteiger partial charge in [-0.3, -0.25) is 4.79 Å². The Morgan fingerprint density at radius 3 is 2.67 bits per heavy atom. The number of ether oxygens (including phenoxy) is 2. The van der Waals surface area contributed by atoms with Gasteiger partial charge in [0.05, 0.1) is 14.2 Å². The van der Waals surface area contributed by atoms with E-state index in [1.165, 1.54) is 28.2 Å². The van der Waals surface area contributed by atoms with Crippen LogP contribution in [-0.2, 0) is 33.1 Å². The zero-order valence-electron chi connectivity index (χ0n) is 17.1. The summed E-state index contributed by atoms with van der Waals surface area (Å²) >= 11 is 0. The molecule has 0 spiro atoms. The minimum absolute atomic E-state index is 0.0465. The monoisotopic (exact) mass is 435 g/mol. The summed E-state index contributed by atoms with van der Waals surface area (Å²) < 4.78 is 38.9. The fourth-order valence-corrected chi connectivity index (χ4v) is 5.29. The third kappa shape index (κ3) is 4.19. The Bertz CT molecular complexity index is 1050. The standard InChI is InChI=1S/C20H25N3O6S/c1-22-13-15(11-17(22)20(25)29-3)30(26,27)23-10-6-8-16(23)19(24)21-12-14-7-4-5-9-18(14)28-2/h4-5,7,9,11,13,16H,6,8,10,12H2,1-3H3,(H,21,24)/t16-/m0/s1. The number of aromatic nitrogens is 1. The maximum atomic E-state index is 13.2. The Balaban J connectivity index is 1.77. The van der Waals surface area contributed by atoms with E-state index in [4.69, 9.17) is 4.74 Å². The fourth-order valence-electron chi connectivity index (χ4n) is 3.56. The van der Waals surface area contributed by atoms with Gasteiger partial charge < -0.3 is 19.4 Å². The van der Waals surface area contributed by atoms with Crippen LogP contribution in [0.3, 0.4) is 0 Å². The number of carbonyl (C=O) groups excluding carboxylic acids is 2. The number of esters is 1. The lowest BCUT2D eigenvalue weighted by atomic mass is 10.2. The molecule has 2 aromatic rings. The Kier molecular flexibility index (Phi) is 6.47. The number of amides is 1. The largest absolute Gasteiger partial charge is 0.496 e. The number of carbonyl (C=O) groups is 2. The number of aryl methyl sites for hydroxylation is 1. The molecule has 1 N–H and O–H groups in total. The number of para-hydroxylation sites is 1. The molecule has 9 nitrogen and oxygen atoms in total. The van der Waals surface area contributed by atoms with Crippen molar-refractivity contribution in [2.24, 2.45) is 7.05 Å². The molecule has 0 aliphatic carbocycles. The molecule has 1 amide bonds. The molecule has 1 saturated heterocycles. The highest BCUT2D eigenvalue weighted by Gasteiger charge is 2.40. The molecule has 1 aromatic heterocycles. The smallest absolute Gasteiger partial charge is 0.354 e. The number of nitrogens with one attached hydrogen (secondary N) is 1. The van der Waals surface area contributed by atoms with E-state index in [1.54, 1.807) is 20.2 Å². The van der Waals surface area contributed by atoms with Crippen molar-refractivity contribution in [2.75, 3.05) is 20.8 Å². The van der Waals surface area contributed by atoms with Gasteiger partial charge in [0.1, 0.15) is 22.4 Å². The highest BCUT2D eigenvalue weighted by molar-refractivity contribution is 7.89. The zero-order valence-corrected chi connectivity index (χ0v) is 17.9. The van der Waals surface area contributed by atoms with Gasteiger partial charge in [0.2, 0.25) is 15.9 Å². The number of benzene rings is 1. The van der Waals surface area contributed by atoms with Gasteiger partial charge in [0, 0.05) is 31.9 Å². The molecule has 1 aliphatic heterocycles. The summed E-state index contributed by atoms with van der Waals surface area (Å²) in [5, 5.41) is 2.81. The number of rotatable bonds is 7. The zero-order chi connectivity index (χ0) is 21.9. The van der Waals surface area contributed by atoms with Gasteiger partial charge >= 0.3 is 5.97 Å². The number of hydrogen-bond donors (Lipinski definition) is 1. The highest BCUT2D eigenvalue weighted by atomic mass is 32.2. The van der Waals surface area contributed by atoms with Crippen LogP contribution >= 0.6 is 0 Å². The Morgan fingerprint density at radius 2 is 1.97 bits per heavy atom. The minimum atomic E-state index is -3.95. The van der Waals surface area contributed by atoms with Crippen LogP contribution in [0.2, 0.25) is 0 Å². The summed E-state index contributed by atoms with van der Waals surface area (Å²) in [4.78, 5) is 24.6. The molecule has 30 heavy (non-hydrogen) atoms. The van der Waals surface area contributed by atoms with E-state index in [1.807, 2.05) is 18.2 Å². The Labute approximate surface area is 175 Å². The second-order valence-electron chi connectivity index (χ2n) is 6.97. The van der Waals surface area contributed by atoms with Crippen LogP contribution in [-0.4, -0.2) is 56.0 Å². The quantitative estimate of drug-likeness (QED) is 0.657. The lowest BCUT2D eigenvalue weighted by Crippen LogP contribution is -2.45. The topological polar surface area (TPSA) is 107 Å². The predicted octanol–water partition coefficient (Wildman–Crippen LogP) is 1.29. The van der Waals surface area contributed by atoms with Gasteiger partial charge in [0.25, 0.3) is 0 Å². The average Bonchev–Trinajstić information content (AvgIpc) is 3.39. The lowest BCUT2D eigenvalue weighted by molar-refractivity contribution is -0.124. The van der Waals surface area contributed by atoms with Crippen LogP contribution in [0.15, 0.2) is 41.4 Å². The van der Waals surface area contributed by atoms with E-state index in [9.17, 15) is 18.0 Å². The summed E-state index contributed by atoms with van der Waals surface area (Å²) in [5.74, 6) is -0.356. The van der Waals surface area contributed by atoms with Crippen molar-refractivity contribution in [3.63, 3.8) is 0 Å². The van der Waals surface area contributed by atoms with Gasteiger partial charge in [-0.05, 0) is 25.0 Å². The molecule has 1 aromatic carbocycles. The molecule has 1 aliphatic rings. The second-order valence-corrected chi connectivity index (χ2v) is 8.86. The van der Waals surface area contributed by atoms with Crippen LogP contribution in [0, 0.1) is 0 Å². The fraction of sp³-hybridized carbons (Fsp3) is 0.400. The van der Waals surface area contributed by atoms with Crippen molar-refractivity contribution in [1.82, 2.24) is 14.2 Å². The number of sulfonamides is 1. The third-order valence-corrected chi connectivity index (χ3v) is 7.01. The SMILES string of the molecule is COC(=O)c1cc(S(=O)(=O)N2CCC[C@H]2C(=O)NCc2ccccc2OC)cn1C. The Hall–Kier alpha value is -2.85. The highest BCUT2D eigenvalue weighted by Crippen LogP contribution is 2.28. The third-order valence-electron chi connectivity index (χ3n) is 5.13. The minimum Gasteiger partial charge on any atom is -0.496 e. The van der Waals surface area contributed by atoms with Gasteiger partial charge in [-0.1, -0.05) is 18.2 Å². The van der Waals surface area contributed by atoms with Crippen molar-refractivity contribution in [2.45, 2.75) is 30.3 Å². The van der Waals surface area contributed by atoms with E-state index >= 15 is 0 Å². The number of methoxy groups -OCH3 is 2. The predicted molar refractivity (Wildman–Crippen MR) is 109 cm³/mol. The van der Waals surface area contributed by atoms with E-state index in [-0.39, 0.29) is 29.6 Å². The molecule has 1 fully saturated rings. The summed E-state index contributed by atoms with van der Waals surface area (Å²) in [6.07, 6.45) is 2.35. The first kappa shape index (κ1) is 21.8. The van der Waals surface area contributed by atoms with Crippen molar-refractivity contribution in [1.29, 1.82) is 0 Å². The molecule has 0 unspecified atom stereocenters. The summed E-state index contributed by atoms with van der Waals surface area (Å²) in [6, 6.07) is 7.75. The van der Waals surface area contributed by atoms with E-state index in [0.29, 0.717) is 18.6 Å². The molecular formula is C20H25N3O6S. The first-order valence-corrected chi connectivity index (χ1v) is 10.9. The molecular weight excluding hydrogens is 410 g/mol. The first-order valence-electron chi connectivity index (χ1n) is 9.45. The average molecular weight is 436 g/mol. The second kappa shape index (κ2) is 8.88. The van der Waals surface area contributed by atoms with Crippen LogP contribution < -0.4 is 10.1 Å². The molecule has 3 rings (SSSR count). The summed E-state index contributed by atoms with van der Waals surface area (Å²) in [7, 11) is 0.388. The number of nitrogens with zero attached hydrogens (tertiary/aromatic N) is 2. The summed E-state index contributed by atoms with van der Waals surface area (Å²) in [5.41, 5.74) is 0.916. The van der Waals surface area contributed by atoms with Crippen LogP contribution in [0.25, 0.3) is 0 Å². The lowest BCUT2D eigenvalue weighted by Gasteiger charge is -2.23. The van der Waals surface area contributed by atoms with Gasteiger partial charge in [0.15, 0.2) is 0 Å². The van der Waals surface area contributed by atoms with Crippen molar-refractivity contribution >= 4 is 21.9 Å². The van der Waals surface area contributed by atoms with Crippen LogP contribution in [0.5, 0.6) is 5.75 Å². The molecule has 0 radical (unpaired) electrons. The molecule has 10 heteroatoms. The number of hydrogen-bond acceptors (Lipinski definition) is 6. The van der Waals surface area contributed by atoms with Gasteiger partial charge in [-0.25, -0.2) is 13.2 Å². The van der Waals surface area contributed by atoms with Crippen LogP contribution in [0.4, 0.5) is 0 Å². The summed E-state index contributed by atoms with van der Waals surface area (Å²) in [6.45, 7) is 0.461. The van der Waals surface area contributed by atoms with E-state index < -0.39 is 22.0 Å². The van der Waals surface area contributed by atoms with E-state index in [2.05, 4.69) is 10.1 Å². The molecule has 2 heterocycles. The molecule has 162 valence electrons.